The molecule has 0 bridgehead atoms. The van der Waals surface area contributed by atoms with Gasteiger partial charge in [-0.3, -0.25) is 18.7 Å². The third-order valence-electron chi connectivity index (χ3n) is 5.25. The summed E-state index contributed by atoms with van der Waals surface area (Å²) in [6, 6.07) is 5.32. The summed E-state index contributed by atoms with van der Waals surface area (Å²) in [7, 11) is 3.27. The van der Waals surface area contributed by atoms with Gasteiger partial charge >= 0.3 is 5.69 Å². The Balaban J connectivity index is 1.95. The third-order valence-corrected chi connectivity index (χ3v) is 5.25. The summed E-state index contributed by atoms with van der Waals surface area (Å²) in [6.07, 6.45) is 3.59. The molecule has 3 rings (SSSR count). The van der Waals surface area contributed by atoms with Crippen molar-refractivity contribution in [3.63, 3.8) is 0 Å². The van der Waals surface area contributed by atoms with Crippen LogP contribution in [0.2, 0.25) is 0 Å². The van der Waals surface area contributed by atoms with Gasteiger partial charge in [-0.2, -0.15) is 0 Å². The molecular weight excluding hydrogens is 426 g/mol. The molecule has 33 heavy (non-hydrogen) atoms. The quantitative estimate of drug-likeness (QED) is 0.525. The van der Waals surface area contributed by atoms with Crippen molar-refractivity contribution >= 4 is 29.2 Å². The first-order valence-corrected chi connectivity index (χ1v) is 10.8. The number of nitrogens with one attached hydrogen (secondary N) is 1. The molecule has 0 saturated heterocycles. The Morgan fingerprint density at radius 1 is 1.09 bits per heavy atom. The molecule has 1 amide bonds. The lowest BCUT2D eigenvalue weighted by molar-refractivity contribution is -0.123. The van der Waals surface area contributed by atoms with Crippen LogP contribution < -0.4 is 26.0 Å². The zero-order valence-corrected chi connectivity index (χ0v) is 19.5. The number of carbonyl (C=O) groups is 1. The Morgan fingerprint density at radius 2 is 1.82 bits per heavy atom. The highest BCUT2D eigenvalue weighted by atomic mass is 16.5. The highest BCUT2D eigenvalue weighted by molar-refractivity contribution is 5.78. The minimum atomic E-state index is -0.362. The monoisotopic (exact) mass is 455 g/mol. The van der Waals surface area contributed by atoms with Crippen molar-refractivity contribution in [2.45, 2.75) is 33.9 Å². The average molecular weight is 456 g/mol. The summed E-state index contributed by atoms with van der Waals surface area (Å²) in [5, 5.41) is 2.67. The van der Waals surface area contributed by atoms with Crippen LogP contribution in [0.5, 0.6) is 11.5 Å². The lowest BCUT2D eigenvalue weighted by Gasteiger charge is -2.11. The Labute approximate surface area is 191 Å². The maximum Gasteiger partial charge on any atom is 0.332 e. The van der Waals surface area contributed by atoms with Crippen molar-refractivity contribution in [3.05, 3.63) is 50.4 Å². The number of methoxy groups -OCH3 is 1. The molecule has 0 radical (unpaired) electrons. The Bertz CT molecular complexity index is 1320. The van der Waals surface area contributed by atoms with Gasteiger partial charge in [0.25, 0.3) is 11.5 Å². The summed E-state index contributed by atoms with van der Waals surface area (Å²) in [5.74, 6) is 1.26. The molecule has 10 nitrogen and oxygen atoms in total. The zero-order chi connectivity index (χ0) is 24.1. The molecule has 0 spiro atoms. The molecule has 0 fully saturated rings. The Kier molecular flexibility index (Phi) is 7.37. The topological polar surface area (TPSA) is 109 Å². The number of hydrogen-bond acceptors (Lipinski definition) is 6. The van der Waals surface area contributed by atoms with E-state index < -0.39 is 0 Å². The lowest BCUT2D eigenvalue weighted by Crippen LogP contribution is -2.39. The highest BCUT2D eigenvalue weighted by Crippen LogP contribution is 2.29. The van der Waals surface area contributed by atoms with E-state index >= 15 is 0 Å². The van der Waals surface area contributed by atoms with E-state index in [-0.39, 0.29) is 30.3 Å². The predicted molar refractivity (Wildman–Crippen MR) is 127 cm³/mol. The predicted octanol–water partition coefficient (Wildman–Crippen LogP) is 1.63. The minimum Gasteiger partial charge on any atom is -0.493 e. The molecule has 176 valence electrons. The van der Waals surface area contributed by atoms with Gasteiger partial charge in [-0.25, -0.2) is 9.78 Å². The smallest absolute Gasteiger partial charge is 0.332 e. The molecule has 2 heterocycles. The maximum atomic E-state index is 12.8. The molecule has 1 aromatic carbocycles. The van der Waals surface area contributed by atoms with Crippen molar-refractivity contribution in [3.8, 4) is 11.5 Å². The van der Waals surface area contributed by atoms with Crippen LogP contribution in [0.15, 0.2) is 27.8 Å². The summed E-state index contributed by atoms with van der Waals surface area (Å²) in [4.78, 5) is 41.6. The highest BCUT2D eigenvalue weighted by Gasteiger charge is 2.17. The van der Waals surface area contributed by atoms with Crippen LogP contribution in [0.3, 0.4) is 0 Å². The first-order chi connectivity index (χ1) is 15.9. The molecule has 0 saturated carbocycles. The first kappa shape index (κ1) is 23.8. The van der Waals surface area contributed by atoms with Gasteiger partial charge in [0.2, 0.25) is 0 Å². The molecule has 0 aliphatic carbocycles. The van der Waals surface area contributed by atoms with Gasteiger partial charge in [0.15, 0.2) is 29.3 Å². The van der Waals surface area contributed by atoms with Gasteiger partial charge in [-0.05, 0) is 44.5 Å². The second-order valence-electron chi connectivity index (χ2n) is 7.26. The van der Waals surface area contributed by atoms with Gasteiger partial charge in [0, 0.05) is 26.7 Å². The number of nitrogens with zero attached hydrogens (tertiary/aromatic N) is 4. The molecule has 0 unspecified atom stereocenters. The number of aromatic nitrogens is 4. The average Bonchev–Trinajstić information content (AvgIpc) is 3.13. The molecule has 1 N–H and O–H groups in total. The first-order valence-electron chi connectivity index (χ1n) is 10.8. The van der Waals surface area contributed by atoms with Crippen molar-refractivity contribution in [2.24, 2.45) is 7.05 Å². The molecule has 3 aromatic rings. The van der Waals surface area contributed by atoms with E-state index in [9.17, 15) is 14.4 Å². The standard InChI is InChI=1S/C23H29N5O5/c1-6-24-19(29)14-33-16-11-9-15(13-17(16)32-5)10-12-18-25-21-20(26(18)4)22(30)28(8-3)23(31)27(21)7-2/h9-13H,6-8,14H2,1-5H3,(H,24,29)/b12-10+. The van der Waals surface area contributed by atoms with E-state index in [1.807, 2.05) is 26.0 Å². The van der Waals surface area contributed by atoms with Crippen LogP contribution in [0.1, 0.15) is 32.2 Å². The van der Waals surface area contributed by atoms with E-state index in [0.29, 0.717) is 41.6 Å². The number of ether oxygens (including phenoxy) is 2. The number of fused-ring (bicyclic) bond motifs is 1. The third kappa shape index (κ3) is 4.69. The number of amides is 1. The summed E-state index contributed by atoms with van der Waals surface area (Å²) in [6.45, 7) is 6.58. The summed E-state index contributed by atoms with van der Waals surface area (Å²) in [5.41, 5.74) is 0.838. The summed E-state index contributed by atoms with van der Waals surface area (Å²) < 4.78 is 15.3. The number of likely N-dealkylation sites (N-methyl/N-ethyl adjacent to an activating group) is 1. The number of hydrogen-bond donors (Lipinski definition) is 1. The van der Waals surface area contributed by atoms with Gasteiger partial charge < -0.3 is 19.4 Å². The van der Waals surface area contributed by atoms with Gasteiger partial charge in [0.05, 0.1) is 7.11 Å². The molecule has 0 atom stereocenters. The number of rotatable bonds is 9. The SMILES string of the molecule is CCNC(=O)COc1ccc(/C=C/c2nc3c(c(=O)n(CC)c(=O)n3CC)n2C)cc1OC. The second-order valence-corrected chi connectivity index (χ2v) is 7.26. The fourth-order valence-electron chi connectivity index (χ4n) is 3.56. The minimum absolute atomic E-state index is 0.104. The largest absolute Gasteiger partial charge is 0.493 e. The van der Waals surface area contributed by atoms with Crippen LogP contribution in [0, 0.1) is 0 Å². The summed E-state index contributed by atoms with van der Waals surface area (Å²) >= 11 is 0. The van der Waals surface area contributed by atoms with E-state index in [1.165, 1.54) is 16.2 Å². The normalized spacial score (nSPS) is 11.3. The molecule has 10 heteroatoms. The van der Waals surface area contributed by atoms with Gasteiger partial charge in [-0.15, -0.1) is 0 Å². The lowest BCUT2D eigenvalue weighted by atomic mass is 10.2. The van der Waals surface area contributed by atoms with E-state index in [4.69, 9.17) is 9.47 Å². The second kappa shape index (κ2) is 10.2. The number of imidazole rings is 1. The molecule has 2 aromatic heterocycles. The number of aryl methyl sites for hydroxylation is 2. The van der Waals surface area contributed by atoms with Crippen LogP contribution >= 0.6 is 0 Å². The van der Waals surface area contributed by atoms with Gasteiger partial charge in [0.1, 0.15) is 5.82 Å². The van der Waals surface area contributed by atoms with Crippen LogP contribution in [0.4, 0.5) is 0 Å². The van der Waals surface area contributed by atoms with Crippen LogP contribution in [-0.2, 0) is 24.9 Å². The number of carbonyl (C=O) groups excluding carboxylic acids is 1. The Hall–Kier alpha value is -3.82. The molecular formula is C23H29N5O5. The van der Waals surface area contributed by atoms with Crippen molar-refractivity contribution in [2.75, 3.05) is 20.3 Å². The van der Waals surface area contributed by atoms with Crippen LogP contribution in [0.25, 0.3) is 23.3 Å². The van der Waals surface area contributed by atoms with E-state index in [1.54, 1.807) is 36.7 Å². The van der Waals surface area contributed by atoms with Crippen molar-refractivity contribution < 1.29 is 14.3 Å². The van der Waals surface area contributed by atoms with E-state index in [0.717, 1.165) is 5.56 Å². The maximum absolute atomic E-state index is 12.8. The fraction of sp³-hybridized carbons (Fsp3) is 0.391. The van der Waals surface area contributed by atoms with Crippen molar-refractivity contribution in [1.29, 1.82) is 0 Å². The van der Waals surface area contributed by atoms with Crippen LogP contribution in [-0.4, -0.2) is 44.9 Å². The van der Waals surface area contributed by atoms with Gasteiger partial charge in [-0.1, -0.05) is 12.1 Å². The zero-order valence-electron chi connectivity index (χ0n) is 19.5. The Morgan fingerprint density at radius 3 is 2.45 bits per heavy atom. The fourth-order valence-corrected chi connectivity index (χ4v) is 3.56. The molecule has 0 aliphatic heterocycles. The van der Waals surface area contributed by atoms with E-state index in [2.05, 4.69) is 10.3 Å². The van der Waals surface area contributed by atoms with Crippen molar-refractivity contribution in [1.82, 2.24) is 24.0 Å². The molecule has 0 aliphatic rings. The number of benzene rings is 1.